The van der Waals surface area contributed by atoms with Gasteiger partial charge in [-0.3, -0.25) is 15.1 Å². The third-order valence-corrected chi connectivity index (χ3v) is 2.67. The lowest BCUT2D eigenvalue weighted by molar-refractivity contribution is -0.120. The summed E-state index contributed by atoms with van der Waals surface area (Å²) in [6, 6.07) is 8.41. The van der Waals surface area contributed by atoms with Crippen molar-refractivity contribution in [2.45, 2.75) is 6.04 Å². The smallest absolute Gasteiger partial charge is 0.309 e. The molecule has 3 rings (SSSR count). The van der Waals surface area contributed by atoms with Crippen LogP contribution < -0.4 is 10.6 Å². The van der Waals surface area contributed by atoms with Crippen molar-refractivity contribution in [2.24, 2.45) is 4.99 Å². The van der Waals surface area contributed by atoms with Crippen LogP contribution in [0, 0.1) is 0 Å². The van der Waals surface area contributed by atoms with Crippen LogP contribution in [0.4, 0.5) is 4.79 Å². The zero-order valence-corrected chi connectivity index (χ0v) is 8.81. The minimum Gasteiger partial charge on any atom is -0.309 e. The van der Waals surface area contributed by atoms with Crippen LogP contribution in [0.25, 0.3) is 0 Å². The molecule has 0 bridgehead atoms. The van der Waals surface area contributed by atoms with Gasteiger partial charge < -0.3 is 5.32 Å². The Morgan fingerprint density at radius 2 is 1.82 bits per heavy atom. The summed E-state index contributed by atoms with van der Waals surface area (Å²) in [6.45, 7) is 0. The summed E-state index contributed by atoms with van der Waals surface area (Å²) in [5.74, 6) is -0.383. The molecule has 2 aliphatic heterocycles. The SMILES string of the molecule is O=C1NC(=O)C2N=C(c3ccccc3)C=C2N1. The molecule has 1 unspecified atom stereocenters. The molecule has 0 radical (unpaired) electrons. The van der Waals surface area contributed by atoms with Crippen molar-refractivity contribution in [2.75, 3.05) is 0 Å². The number of benzene rings is 1. The van der Waals surface area contributed by atoms with Gasteiger partial charge in [-0.05, 0) is 11.6 Å². The fourth-order valence-electron chi connectivity index (χ4n) is 1.89. The van der Waals surface area contributed by atoms with Gasteiger partial charge >= 0.3 is 6.03 Å². The lowest BCUT2D eigenvalue weighted by Gasteiger charge is -2.18. The molecule has 84 valence electrons. The van der Waals surface area contributed by atoms with Crippen molar-refractivity contribution in [1.29, 1.82) is 0 Å². The fraction of sp³-hybridized carbons (Fsp3) is 0.0833. The molecule has 2 N–H and O–H groups in total. The highest BCUT2D eigenvalue weighted by Gasteiger charge is 2.34. The maximum absolute atomic E-state index is 11.5. The Bertz CT molecular complexity index is 560. The average molecular weight is 227 g/mol. The zero-order chi connectivity index (χ0) is 11.8. The topological polar surface area (TPSA) is 70.6 Å². The second-order valence-electron chi connectivity index (χ2n) is 3.83. The molecule has 3 amide bonds. The second kappa shape index (κ2) is 3.55. The molecule has 2 heterocycles. The van der Waals surface area contributed by atoms with E-state index in [2.05, 4.69) is 15.6 Å². The Balaban J connectivity index is 1.98. The number of hydrogen-bond donors (Lipinski definition) is 2. The minimum absolute atomic E-state index is 0.383. The van der Waals surface area contributed by atoms with Crippen LogP contribution in [-0.4, -0.2) is 23.7 Å². The van der Waals surface area contributed by atoms with Crippen molar-refractivity contribution in [1.82, 2.24) is 10.6 Å². The van der Waals surface area contributed by atoms with Gasteiger partial charge in [-0.2, -0.15) is 0 Å². The maximum Gasteiger partial charge on any atom is 0.325 e. The molecular weight excluding hydrogens is 218 g/mol. The predicted molar refractivity (Wildman–Crippen MR) is 61.5 cm³/mol. The van der Waals surface area contributed by atoms with Crippen molar-refractivity contribution >= 4 is 17.6 Å². The van der Waals surface area contributed by atoms with Crippen LogP contribution in [-0.2, 0) is 4.79 Å². The minimum atomic E-state index is -0.622. The van der Waals surface area contributed by atoms with E-state index in [0.29, 0.717) is 11.4 Å². The molecule has 0 saturated carbocycles. The summed E-state index contributed by atoms with van der Waals surface area (Å²) in [7, 11) is 0. The molecule has 1 aromatic carbocycles. The number of hydrogen-bond acceptors (Lipinski definition) is 3. The fourth-order valence-corrected chi connectivity index (χ4v) is 1.89. The van der Waals surface area contributed by atoms with Gasteiger partial charge in [-0.25, -0.2) is 4.79 Å². The van der Waals surface area contributed by atoms with E-state index < -0.39 is 12.1 Å². The molecule has 0 aliphatic carbocycles. The Morgan fingerprint density at radius 1 is 1.06 bits per heavy atom. The van der Waals surface area contributed by atoms with E-state index in [1.165, 1.54) is 0 Å². The van der Waals surface area contributed by atoms with E-state index >= 15 is 0 Å². The van der Waals surface area contributed by atoms with Gasteiger partial charge in [0.15, 0.2) is 6.04 Å². The van der Waals surface area contributed by atoms with Gasteiger partial charge in [-0.1, -0.05) is 30.3 Å². The summed E-state index contributed by atoms with van der Waals surface area (Å²) in [4.78, 5) is 27.0. The first-order chi connectivity index (χ1) is 8.24. The molecule has 2 aliphatic rings. The predicted octanol–water partition coefficient (Wildman–Crippen LogP) is 0.581. The van der Waals surface area contributed by atoms with Gasteiger partial charge in [0, 0.05) is 0 Å². The third-order valence-electron chi connectivity index (χ3n) is 2.67. The van der Waals surface area contributed by atoms with E-state index in [1.807, 2.05) is 30.3 Å². The monoisotopic (exact) mass is 227 g/mol. The molecule has 0 aromatic heterocycles. The highest BCUT2D eigenvalue weighted by molar-refractivity contribution is 6.15. The van der Waals surface area contributed by atoms with Crippen LogP contribution in [0.2, 0.25) is 0 Å². The first-order valence-electron chi connectivity index (χ1n) is 5.21. The Labute approximate surface area is 97.2 Å². The summed E-state index contributed by atoms with van der Waals surface area (Å²) >= 11 is 0. The van der Waals surface area contributed by atoms with Crippen LogP contribution in [0.3, 0.4) is 0 Å². The number of allylic oxidation sites excluding steroid dienone is 1. The van der Waals surface area contributed by atoms with Crippen molar-refractivity contribution in [3.63, 3.8) is 0 Å². The maximum atomic E-state index is 11.5. The standard InChI is InChI=1S/C12H9N3O2/c16-11-10-9(14-12(17)15-11)6-8(13-10)7-4-2-1-3-5-7/h1-6,10H,(H2,14,15,16,17). The number of amides is 3. The van der Waals surface area contributed by atoms with Crippen LogP contribution >= 0.6 is 0 Å². The summed E-state index contributed by atoms with van der Waals surface area (Å²) in [5, 5.41) is 4.77. The lowest BCUT2D eigenvalue weighted by atomic mass is 10.1. The van der Waals surface area contributed by atoms with E-state index in [-0.39, 0.29) is 5.91 Å². The second-order valence-corrected chi connectivity index (χ2v) is 3.83. The summed E-state index contributed by atoms with van der Waals surface area (Å²) in [6.07, 6.45) is 1.73. The van der Waals surface area contributed by atoms with Gasteiger partial charge in [-0.15, -0.1) is 0 Å². The molecule has 17 heavy (non-hydrogen) atoms. The van der Waals surface area contributed by atoms with Gasteiger partial charge in [0.25, 0.3) is 5.91 Å². The zero-order valence-electron chi connectivity index (χ0n) is 8.81. The van der Waals surface area contributed by atoms with Gasteiger partial charge in [0.05, 0.1) is 11.4 Å². The largest absolute Gasteiger partial charge is 0.325 e. The summed E-state index contributed by atoms with van der Waals surface area (Å²) < 4.78 is 0. The number of rotatable bonds is 1. The highest BCUT2D eigenvalue weighted by atomic mass is 16.2. The third kappa shape index (κ3) is 1.61. The quantitative estimate of drug-likeness (QED) is 0.736. The first-order valence-corrected chi connectivity index (χ1v) is 5.21. The van der Waals surface area contributed by atoms with E-state index in [0.717, 1.165) is 5.56 Å². The Morgan fingerprint density at radius 3 is 2.59 bits per heavy atom. The van der Waals surface area contributed by atoms with Gasteiger partial charge in [0.1, 0.15) is 0 Å². The van der Waals surface area contributed by atoms with Gasteiger partial charge in [0.2, 0.25) is 0 Å². The van der Waals surface area contributed by atoms with E-state index in [9.17, 15) is 9.59 Å². The van der Waals surface area contributed by atoms with Crippen LogP contribution in [0.1, 0.15) is 5.56 Å². The molecule has 0 spiro atoms. The number of nitrogens with one attached hydrogen (secondary N) is 2. The molecule has 5 heteroatoms. The molecule has 1 fully saturated rings. The number of fused-ring (bicyclic) bond motifs is 1. The van der Waals surface area contributed by atoms with E-state index in [1.54, 1.807) is 6.08 Å². The molecule has 1 atom stereocenters. The number of nitrogens with zero attached hydrogens (tertiary/aromatic N) is 1. The Kier molecular flexibility index (Phi) is 2.04. The number of carbonyl (C=O) groups is 2. The number of imide groups is 1. The number of aliphatic imine (C=N–C) groups is 1. The number of carbonyl (C=O) groups excluding carboxylic acids is 2. The first kappa shape index (κ1) is 9.77. The molecule has 5 nitrogen and oxygen atoms in total. The average Bonchev–Trinajstić information content (AvgIpc) is 2.74. The number of urea groups is 1. The highest BCUT2D eigenvalue weighted by Crippen LogP contribution is 2.19. The van der Waals surface area contributed by atoms with Crippen molar-refractivity contribution in [3.8, 4) is 0 Å². The lowest BCUT2D eigenvalue weighted by Crippen LogP contribution is -2.51. The molecule has 1 saturated heterocycles. The van der Waals surface area contributed by atoms with E-state index in [4.69, 9.17) is 0 Å². The van der Waals surface area contributed by atoms with Crippen LogP contribution in [0.5, 0.6) is 0 Å². The molecular formula is C12H9N3O2. The molecule has 1 aromatic rings. The normalized spacial score (nSPS) is 22.2. The Hall–Kier alpha value is -2.43. The summed E-state index contributed by atoms with van der Waals surface area (Å²) in [5.41, 5.74) is 2.18. The van der Waals surface area contributed by atoms with Crippen molar-refractivity contribution < 1.29 is 9.59 Å². The van der Waals surface area contributed by atoms with Crippen LogP contribution in [0.15, 0.2) is 47.1 Å². The van der Waals surface area contributed by atoms with Crippen molar-refractivity contribution in [3.05, 3.63) is 47.7 Å².